The Hall–Kier alpha value is -0.120. The van der Waals surface area contributed by atoms with E-state index in [4.69, 9.17) is 4.74 Å². The zero-order valence-electron chi connectivity index (χ0n) is 11.6. The molecule has 3 heteroatoms. The first-order chi connectivity index (χ1) is 8.20. The van der Waals surface area contributed by atoms with Crippen molar-refractivity contribution in [2.75, 3.05) is 33.9 Å². The summed E-state index contributed by atoms with van der Waals surface area (Å²) in [6, 6.07) is 1.74. The molecule has 3 nitrogen and oxygen atoms in total. The normalized spacial score (nSPS) is 35.1. The summed E-state index contributed by atoms with van der Waals surface area (Å²) in [4.78, 5) is 2.62. The Bertz CT molecular complexity index is 220. The van der Waals surface area contributed by atoms with Crippen molar-refractivity contribution in [3.05, 3.63) is 0 Å². The maximum Gasteiger partial charge on any atom is 0.0499 e. The molecule has 17 heavy (non-hydrogen) atoms. The van der Waals surface area contributed by atoms with Crippen LogP contribution in [0.2, 0.25) is 0 Å². The third kappa shape index (κ3) is 3.43. The molecule has 100 valence electrons. The van der Waals surface area contributed by atoms with Gasteiger partial charge in [-0.1, -0.05) is 6.92 Å². The minimum atomic E-state index is 0.628. The fourth-order valence-corrected chi connectivity index (χ4v) is 3.57. The lowest BCUT2D eigenvalue weighted by atomic mass is 9.91. The molecule has 2 aliphatic heterocycles. The molecule has 0 aromatic carbocycles. The zero-order valence-corrected chi connectivity index (χ0v) is 11.6. The average molecular weight is 240 g/mol. The Kier molecular flexibility index (Phi) is 4.83. The third-order valence-corrected chi connectivity index (χ3v) is 4.57. The number of nitrogens with zero attached hydrogens (tertiary/aromatic N) is 1. The maximum atomic E-state index is 5.16. The molecule has 2 rings (SSSR count). The van der Waals surface area contributed by atoms with Crippen molar-refractivity contribution in [2.24, 2.45) is 11.8 Å². The van der Waals surface area contributed by atoms with Crippen LogP contribution >= 0.6 is 0 Å². The highest BCUT2D eigenvalue weighted by molar-refractivity contribution is 4.93. The van der Waals surface area contributed by atoms with E-state index in [1.54, 1.807) is 7.11 Å². The van der Waals surface area contributed by atoms with E-state index in [0.717, 1.165) is 31.2 Å². The minimum absolute atomic E-state index is 0.628. The van der Waals surface area contributed by atoms with Gasteiger partial charge in [-0.25, -0.2) is 0 Å². The molecular formula is C14H28N2O. The number of hydrogen-bond donors (Lipinski definition) is 1. The second-order valence-electron chi connectivity index (χ2n) is 6.11. The fourth-order valence-electron chi connectivity index (χ4n) is 3.57. The third-order valence-electron chi connectivity index (χ3n) is 4.57. The van der Waals surface area contributed by atoms with Crippen LogP contribution < -0.4 is 5.32 Å². The van der Waals surface area contributed by atoms with E-state index in [9.17, 15) is 0 Å². The first kappa shape index (κ1) is 13.3. The van der Waals surface area contributed by atoms with Crippen molar-refractivity contribution in [3.63, 3.8) is 0 Å². The second-order valence-corrected chi connectivity index (χ2v) is 6.11. The summed E-state index contributed by atoms with van der Waals surface area (Å²) in [6.07, 6.45) is 5.66. The van der Waals surface area contributed by atoms with Gasteiger partial charge in [0.2, 0.25) is 0 Å². The lowest BCUT2D eigenvalue weighted by molar-refractivity contribution is 0.128. The molecule has 3 unspecified atom stereocenters. The Morgan fingerprint density at radius 1 is 1.29 bits per heavy atom. The van der Waals surface area contributed by atoms with Crippen LogP contribution in [0.15, 0.2) is 0 Å². The summed E-state index contributed by atoms with van der Waals surface area (Å²) < 4.78 is 5.16. The van der Waals surface area contributed by atoms with Gasteiger partial charge in [0.05, 0.1) is 0 Å². The van der Waals surface area contributed by atoms with Crippen molar-refractivity contribution in [3.8, 4) is 0 Å². The Morgan fingerprint density at radius 2 is 1.94 bits per heavy atom. The molecule has 0 saturated carbocycles. The summed E-state index contributed by atoms with van der Waals surface area (Å²) in [7, 11) is 4.10. The van der Waals surface area contributed by atoms with Crippen LogP contribution in [0.4, 0.5) is 0 Å². The van der Waals surface area contributed by atoms with Crippen LogP contribution in [-0.4, -0.2) is 50.8 Å². The second kappa shape index (κ2) is 6.17. The highest BCUT2D eigenvalue weighted by atomic mass is 16.5. The molecule has 0 spiro atoms. The largest absolute Gasteiger partial charge is 0.384 e. The molecule has 2 fully saturated rings. The predicted molar refractivity (Wildman–Crippen MR) is 71.2 cm³/mol. The number of ether oxygens (including phenoxy) is 1. The van der Waals surface area contributed by atoms with Crippen molar-refractivity contribution >= 4 is 0 Å². The van der Waals surface area contributed by atoms with E-state index in [0.29, 0.717) is 5.92 Å². The van der Waals surface area contributed by atoms with E-state index in [2.05, 4.69) is 24.2 Å². The number of nitrogens with one attached hydrogen (secondary N) is 1. The first-order valence-electron chi connectivity index (χ1n) is 7.12. The topological polar surface area (TPSA) is 24.5 Å². The van der Waals surface area contributed by atoms with Gasteiger partial charge in [-0.2, -0.15) is 0 Å². The van der Waals surface area contributed by atoms with Gasteiger partial charge < -0.3 is 15.0 Å². The monoisotopic (exact) mass is 240 g/mol. The molecule has 0 amide bonds. The van der Waals surface area contributed by atoms with Crippen LogP contribution in [0.5, 0.6) is 0 Å². The molecule has 2 heterocycles. The lowest BCUT2D eigenvalue weighted by Gasteiger charge is -2.36. The van der Waals surface area contributed by atoms with Gasteiger partial charge in [-0.15, -0.1) is 0 Å². The Labute approximate surface area is 106 Å². The van der Waals surface area contributed by atoms with E-state index in [1.807, 2.05) is 0 Å². The molecule has 0 radical (unpaired) electrons. The summed E-state index contributed by atoms with van der Waals surface area (Å²) in [5.41, 5.74) is 0. The van der Waals surface area contributed by atoms with E-state index < -0.39 is 0 Å². The number of fused-ring (bicyclic) bond motifs is 2. The average Bonchev–Trinajstić information content (AvgIpc) is 2.53. The SMILES string of the molecule is COCC(C)CNCC1CC2CCC(C1)N2C. The highest BCUT2D eigenvalue weighted by Crippen LogP contribution is 2.36. The number of hydrogen-bond acceptors (Lipinski definition) is 3. The highest BCUT2D eigenvalue weighted by Gasteiger charge is 2.37. The van der Waals surface area contributed by atoms with Gasteiger partial charge in [-0.3, -0.25) is 0 Å². The van der Waals surface area contributed by atoms with Crippen molar-refractivity contribution < 1.29 is 4.74 Å². The van der Waals surface area contributed by atoms with Crippen molar-refractivity contribution in [1.29, 1.82) is 0 Å². The molecule has 2 aliphatic rings. The van der Waals surface area contributed by atoms with Gasteiger partial charge in [0.15, 0.2) is 0 Å². The summed E-state index contributed by atoms with van der Waals surface area (Å²) >= 11 is 0. The first-order valence-corrected chi connectivity index (χ1v) is 7.12. The molecule has 3 atom stereocenters. The summed E-state index contributed by atoms with van der Waals surface area (Å²) in [6.45, 7) is 5.41. The van der Waals surface area contributed by atoms with Crippen LogP contribution in [0, 0.1) is 11.8 Å². The zero-order chi connectivity index (χ0) is 12.3. The standard InChI is InChI=1S/C14H28N2O/c1-11(10-17-3)8-15-9-12-6-13-4-5-14(7-12)16(13)2/h11-15H,4-10H2,1-3H3. The Morgan fingerprint density at radius 3 is 2.53 bits per heavy atom. The van der Waals surface area contributed by atoms with Crippen molar-refractivity contribution in [1.82, 2.24) is 10.2 Å². The summed E-state index contributed by atoms with van der Waals surface area (Å²) in [5, 5.41) is 3.62. The molecule has 2 saturated heterocycles. The van der Waals surface area contributed by atoms with E-state index >= 15 is 0 Å². The van der Waals surface area contributed by atoms with E-state index in [-0.39, 0.29) is 0 Å². The van der Waals surface area contributed by atoms with E-state index in [1.165, 1.54) is 32.2 Å². The minimum Gasteiger partial charge on any atom is -0.384 e. The van der Waals surface area contributed by atoms with Crippen LogP contribution in [0.3, 0.4) is 0 Å². The van der Waals surface area contributed by atoms with Gasteiger partial charge in [0.1, 0.15) is 0 Å². The lowest BCUT2D eigenvalue weighted by Crippen LogP contribution is -2.43. The van der Waals surface area contributed by atoms with Crippen LogP contribution in [-0.2, 0) is 4.74 Å². The number of methoxy groups -OCH3 is 1. The molecule has 0 aliphatic carbocycles. The van der Waals surface area contributed by atoms with Gasteiger partial charge >= 0.3 is 0 Å². The molecular weight excluding hydrogens is 212 g/mol. The van der Waals surface area contributed by atoms with Crippen molar-refractivity contribution in [2.45, 2.75) is 44.7 Å². The summed E-state index contributed by atoms with van der Waals surface area (Å²) in [5.74, 6) is 1.53. The van der Waals surface area contributed by atoms with Gasteiger partial charge in [0.25, 0.3) is 0 Å². The fraction of sp³-hybridized carbons (Fsp3) is 1.00. The molecule has 1 N–H and O–H groups in total. The van der Waals surface area contributed by atoms with Crippen LogP contribution in [0.25, 0.3) is 0 Å². The quantitative estimate of drug-likeness (QED) is 0.765. The number of rotatable bonds is 6. The predicted octanol–water partition coefficient (Wildman–Crippen LogP) is 1.73. The molecule has 0 aromatic rings. The van der Waals surface area contributed by atoms with Gasteiger partial charge in [-0.05, 0) is 57.7 Å². The maximum absolute atomic E-state index is 5.16. The number of piperidine rings is 1. The molecule has 0 aromatic heterocycles. The van der Waals surface area contributed by atoms with Crippen LogP contribution in [0.1, 0.15) is 32.6 Å². The smallest absolute Gasteiger partial charge is 0.0499 e. The van der Waals surface area contributed by atoms with Gasteiger partial charge in [0, 0.05) is 25.8 Å². The Balaban J connectivity index is 1.64. The molecule has 2 bridgehead atoms.